The van der Waals surface area contributed by atoms with Crippen LogP contribution in [0, 0.1) is 11.8 Å². The molecular weight excluding hydrogens is 306 g/mol. The van der Waals surface area contributed by atoms with E-state index in [-0.39, 0.29) is 36.1 Å². The number of esters is 2. The van der Waals surface area contributed by atoms with Crippen LogP contribution in [-0.2, 0) is 19.1 Å². The average Bonchev–Trinajstić information content (AvgIpc) is 2.55. The van der Waals surface area contributed by atoms with Crippen LogP contribution in [0.5, 0.6) is 0 Å². The lowest BCUT2D eigenvalue weighted by Crippen LogP contribution is -2.68. The van der Waals surface area contributed by atoms with Gasteiger partial charge in [0.05, 0.1) is 25.6 Å². The van der Waals surface area contributed by atoms with Crippen LogP contribution in [0.25, 0.3) is 0 Å². The molecule has 0 saturated heterocycles. The molecule has 0 aliphatic heterocycles. The first-order valence-electron chi connectivity index (χ1n) is 8.51. The molecule has 0 heterocycles. The summed E-state index contributed by atoms with van der Waals surface area (Å²) in [5, 5.41) is 0. The maximum Gasteiger partial charge on any atom is 0.365 e. The molecule has 24 heavy (non-hydrogen) atoms. The van der Waals surface area contributed by atoms with Crippen molar-refractivity contribution in [1.82, 2.24) is 0 Å². The molecule has 0 aliphatic rings. The molecule has 0 amide bonds. The van der Waals surface area contributed by atoms with Gasteiger partial charge in [-0.05, 0) is 17.4 Å². The summed E-state index contributed by atoms with van der Waals surface area (Å²) in [5.41, 5.74) is 4.85. The molecular formula is C19H30NO4+. The molecule has 5 heteroatoms. The first-order valence-corrected chi connectivity index (χ1v) is 8.51. The molecule has 0 aromatic heterocycles. The molecule has 134 valence electrons. The van der Waals surface area contributed by atoms with Crippen LogP contribution in [0.3, 0.4) is 0 Å². The van der Waals surface area contributed by atoms with E-state index < -0.39 is 6.04 Å². The Hall–Kier alpha value is -1.88. The summed E-state index contributed by atoms with van der Waals surface area (Å²) in [4.78, 5) is 24.4. The van der Waals surface area contributed by atoms with E-state index in [1.165, 1.54) is 0 Å². The van der Waals surface area contributed by atoms with Crippen LogP contribution < -0.4 is 5.73 Å². The zero-order chi connectivity index (χ0) is 18.1. The summed E-state index contributed by atoms with van der Waals surface area (Å²) >= 11 is 0. The smallest absolute Gasteiger partial charge is 0.365 e. The van der Waals surface area contributed by atoms with Gasteiger partial charge >= 0.3 is 11.9 Å². The molecule has 0 spiro atoms. The Morgan fingerprint density at radius 3 is 2.04 bits per heavy atom. The number of rotatable bonds is 9. The molecule has 1 rings (SSSR count). The molecule has 2 atom stereocenters. The van der Waals surface area contributed by atoms with Crippen LogP contribution in [-0.4, -0.2) is 31.2 Å². The SMILES string of the molecule is CC(C)COC(=O)CC(c1ccccc1)C([NH3+])C(=O)OCC(C)C. The van der Waals surface area contributed by atoms with Crippen molar-refractivity contribution in [2.75, 3.05) is 13.2 Å². The number of hydrogen-bond donors (Lipinski definition) is 1. The minimum absolute atomic E-state index is 0.113. The quantitative estimate of drug-likeness (QED) is 0.701. The number of benzene rings is 1. The van der Waals surface area contributed by atoms with Gasteiger partial charge in [-0.15, -0.1) is 0 Å². The fraction of sp³-hybridized carbons (Fsp3) is 0.579. The van der Waals surface area contributed by atoms with Gasteiger partial charge in [-0.1, -0.05) is 58.0 Å². The number of carbonyl (C=O) groups excluding carboxylic acids is 2. The topological polar surface area (TPSA) is 80.2 Å². The number of carbonyl (C=O) groups is 2. The molecule has 0 saturated carbocycles. The molecule has 3 N–H and O–H groups in total. The Balaban J connectivity index is 2.81. The van der Waals surface area contributed by atoms with Crippen LogP contribution in [0.15, 0.2) is 30.3 Å². The van der Waals surface area contributed by atoms with Crippen LogP contribution in [0.4, 0.5) is 0 Å². The van der Waals surface area contributed by atoms with Gasteiger partial charge in [0, 0.05) is 0 Å². The maximum absolute atomic E-state index is 12.3. The highest BCUT2D eigenvalue weighted by molar-refractivity contribution is 5.78. The molecule has 0 fully saturated rings. The molecule has 0 aliphatic carbocycles. The summed E-state index contributed by atoms with van der Waals surface area (Å²) in [5.74, 6) is -0.523. The normalized spacial score (nSPS) is 13.6. The van der Waals surface area contributed by atoms with E-state index in [4.69, 9.17) is 9.47 Å². The maximum atomic E-state index is 12.3. The summed E-state index contributed by atoms with van der Waals surface area (Å²) in [6.45, 7) is 8.64. The number of quaternary nitrogens is 1. The van der Waals surface area contributed by atoms with E-state index in [2.05, 4.69) is 5.73 Å². The minimum Gasteiger partial charge on any atom is -0.465 e. The van der Waals surface area contributed by atoms with Crippen LogP contribution >= 0.6 is 0 Å². The summed E-state index contributed by atoms with van der Waals surface area (Å²) in [6, 6.07) is 8.80. The molecule has 0 bridgehead atoms. The van der Waals surface area contributed by atoms with Gasteiger partial charge in [0.2, 0.25) is 0 Å². The van der Waals surface area contributed by atoms with E-state index in [0.29, 0.717) is 13.2 Å². The van der Waals surface area contributed by atoms with Gasteiger partial charge < -0.3 is 15.2 Å². The highest BCUT2D eigenvalue weighted by atomic mass is 16.5. The second kappa shape index (κ2) is 10.1. The van der Waals surface area contributed by atoms with Crippen molar-refractivity contribution >= 4 is 11.9 Å². The number of ether oxygens (including phenoxy) is 2. The highest BCUT2D eigenvalue weighted by Gasteiger charge is 2.33. The summed E-state index contributed by atoms with van der Waals surface area (Å²) in [7, 11) is 0. The molecule has 0 radical (unpaired) electrons. The lowest BCUT2D eigenvalue weighted by Gasteiger charge is -2.20. The van der Waals surface area contributed by atoms with Crippen molar-refractivity contribution < 1.29 is 24.8 Å². The Labute approximate surface area is 144 Å². The third-order valence-corrected chi connectivity index (χ3v) is 3.54. The fourth-order valence-electron chi connectivity index (χ4n) is 2.21. The zero-order valence-electron chi connectivity index (χ0n) is 15.2. The van der Waals surface area contributed by atoms with E-state index >= 15 is 0 Å². The van der Waals surface area contributed by atoms with Gasteiger partial charge in [-0.2, -0.15) is 0 Å². The number of hydrogen-bond acceptors (Lipinski definition) is 4. The Morgan fingerprint density at radius 2 is 1.50 bits per heavy atom. The van der Waals surface area contributed by atoms with Crippen molar-refractivity contribution in [3.05, 3.63) is 35.9 Å². The van der Waals surface area contributed by atoms with E-state index in [1.807, 2.05) is 58.0 Å². The van der Waals surface area contributed by atoms with Crippen molar-refractivity contribution in [3.63, 3.8) is 0 Å². The van der Waals surface area contributed by atoms with Crippen LogP contribution in [0.2, 0.25) is 0 Å². The first kappa shape index (κ1) is 20.2. The third kappa shape index (κ3) is 7.13. The fourth-order valence-corrected chi connectivity index (χ4v) is 2.21. The van der Waals surface area contributed by atoms with Crippen LogP contribution in [0.1, 0.15) is 45.6 Å². The third-order valence-electron chi connectivity index (χ3n) is 3.54. The molecule has 1 aromatic rings. The van der Waals surface area contributed by atoms with Gasteiger partial charge in [0.15, 0.2) is 6.04 Å². The minimum atomic E-state index is -0.655. The summed E-state index contributed by atoms with van der Waals surface area (Å²) < 4.78 is 10.6. The van der Waals surface area contributed by atoms with Crippen molar-refractivity contribution in [3.8, 4) is 0 Å². The second-order valence-corrected chi connectivity index (χ2v) is 6.93. The van der Waals surface area contributed by atoms with E-state index in [0.717, 1.165) is 5.56 Å². The predicted molar refractivity (Wildman–Crippen MR) is 92.1 cm³/mol. The Morgan fingerprint density at radius 1 is 0.958 bits per heavy atom. The van der Waals surface area contributed by atoms with Gasteiger partial charge in [0.1, 0.15) is 0 Å². The summed E-state index contributed by atoms with van der Waals surface area (Å²) in [6.07, 6.45) is 0.113. The van der Waals surface area contributed by atoms with Gasteiger partial charge in [0.25, 0.3) is 0 Å². The Bertz CT molecular complexity index is 513. The first-order chi connectivity index (χ1) is 11.3. The molecule has 5 nitrogen and oxygen atoms in total. The van der Waals surface area contributed by atoms with Crippen molar-refractivity contribution in [2.45, 2.75) is 46.1 Å². The van der Waals surface area contributed by atoms with E-state index in [1.54, 1.807) is 0 Å². The van der Waals surface area contributed by atoms with Crippen molar-refractivity contribution in [1.29, 1.82) is 0 Å². The molecule has 2 unspecified atom stereocenters. The zero-order valence-corrected chi connectivity index (χ0v) is 15.2. The lowest BCUT2D eigenvalue weighted by molar-refractivity contribution is -0.414. The molecule has 1 aromatic carbocycles. The average molecular weight is 336 g/mol. The van der Waals surface area contributed by atoms with Crippen molar-refractivity contribution in [2.24, 2.45) is 11.8 Å². The Kier molecular flexibility index (Phi) is 8.47. The standard InChI is InChI=1S/C19H29NO4/c1-13(2)11-23-17(21)10-16(15-8-6-5-7-9-15)18(20)19(22)24-12-14(3)4/h5-9,13-14,16,18H,10-12,20H2,1-4H3/p+1. The lowest BCUT2D eigenvalue weighted by atomic mass is 9.89. The second-order valence-electron chi connectivity index (χ2n) is 6.93. The van der Waals surface area contributed by atoms with E-state index in [9.17, 15) is 9.59 Å². The highest BCUT2D eigenvalue weighted by Crippen LogP contribution is 2.23. The largest absolute Gasteiger partial charge is 0.465 e. The van der Waals surface area contributed by atoms with Gasteiger partial charge in [-0.3, -0.25) is 4.79 Å². The predicted octanol–water partition coefficient (Wildman–Crippen LogP) is 2.17. The van der Waals surface area contributed by atoms with Gasteiger partial charge in [-0.25, -0.2) is 4.79 Å². The monoisotopic (exact) mass is 336 g/mol.